The Hall–Kier alpha value is -2.45. The summed E-state index contributed by atoms with van der Waals surface area (Å²) < 4.78 is 11.6. The summed E-state index contributed by atoms with van der Waals surface area (Å²) in [4.78, 5) is 13.6. The third kappa shape index (κ3) is 8.24. The second-order valence-electron chi connectivity index (χ2n) is 8.04. The van der Waals surface area contributed by atoms with Crippen molar-refractivity contribution in [1.29, 1.82) is 0 Å². The maximum atomic E-state index is 11.2. The number of carbonyl (C=O) groups excluding carboxylic acids is 1. The van der Waals surface area contributed by atoms with E-state index in [-0.39, 0.29) is 5.91 Å². The molecule has 2 aromatic rings. The van der Waals surface area contributed by atoms with Gasteiger partial charge in [-0.2, -0.15) is 0 Å². The Morgan fingerprint density at radius 1 is 1.12 bits per heavy atom. The van der Waals surface area contributed by atoms with Crippen molar-refractivity contribution in [3.8, 4) is 5.75 Å². The van der Waals surface area contributed by atoms with E-state index in [0.717, 1.165) is 76.3 Å². The maximum Gasteiger partial charge on any atom is 0.243 e. The Morgan fingerprint density at radius 3 is 2.78 bits per heavy atom. The van der Waals surface area contributed by atoms with E-state index >= 15 is 0 Å². The molecule has 1 aliphatic rings. The minimum atomic E-state index is -0.335. The minimum absolute atomic E-state index is 0.335. The highest BCUT2D eigenvalue weighted by atomic mass is 16.5. The van der Waals surface area contributed by atoms with Gasteiger partial charge in [-0.1, -0.05) is 42.5 Å². The molecular formula is C25H35N3O4. The van der Waals surface area contributed by atoms with E-state index in [1.54, 1.807) is 5.48 Å². The lowest BCUT2D eigenvalue weighted by Crippen LogP contribution is -2.40. The molecule has 0 radical (unpaired) electrons. The highest BCUT2D eigenvalue weighted by molar-refractivity contribution is 5.88. The van der Waals surface area contributed by atoms with E-state index in [4.69, 9.17) is 14.7 Å². The zero-order chi connectivity index (χ0) is 22.4. The smallest absolute Gasteiger partial charge is 0.243 e. The predicted molar refractivity (Wildman–Crippen MR) is 126 cm³/mol. The number of benzene rings is 2. The fraction of sp³-hybridized carbons (Fsp3) is 0.480. The molecule has 3 rings (SSSR count). The van der Waals surface area contributed by atoms with Crippen LogP contribution < -0.4 is 15.5 Å². The van der Waals surface area contributed by atoms with Gasteiger partial charge in [-0.05, 0) is 36.3 Å². The first-order valence-electron chi connectivity index (χ1n) is 11.5. The molecule has 1 fully saturated rings. The number of allylic oxidation sites excluding steroid dienone is 1. The van der Waals surface area contributed by atoms with Crippen LogP contribution in [0.25, 0.3) is 10.8 Å². The van der Waals surface area contributed by atoms with Gasteiger partial charge in [0.05, 0.1) is 13.2 Å². The topological polar surface area (TPSA) is 83.1 Å². The lowest BCUT2D eigenvalue weighted by Gasteiger charge is -2.26. The van der Waals surface area contributed by atoms with Crippen LogP contribution in [0.4, 0.5) is 0 Å². The number of morpholine rings is 1. The molecule has 7 nitrogen and oxygen atoms in total. The third-order valence-electron chi connectivity index (χ3n) is 5.64. The third-order valence-corrected chi connectivity index (χ3v) is 5.64. The van der Waals surface area contributed by atoms with Gasteiger partial charge in [0.2, 0.25) is 5.91 Å². The summed E-state index contributed by atoms with van der Waals surface area (Å²) in [5, 5.41) is 14.4. The highest BCUT2D eigenvalue weighted by Crippen LogP contribution is 2.25. The molecule has 0 spiro atoms. The largest absolute Gasteiger partial charge is 0.489 e. The molecule has 2 aromatic carbocycles. The molecule has 0 aliphatic carbocycles. The van der Waals surface area contributed by atoms with E-state index in [1.807, 2.05) is 24.3 Å². The summed E-state index contributed by atoms with van der Waals surface area (Å²) in [6.45, 7) is 6.85. The van der Waals surface area contributed by atoms with Gasteiger partial charge in [0.15, 0.2) is 0 Å². The van der Waals surface area contributed by atoms with Crippen LogP contribution in [-0.2, 0) is 9.53 Å². The van der Waals surface area contributed by atoms with E-state index < -0.39 is 0 Å². The van der Waals surface area contributed by atoms with Crippen LogP contribution in [0.1, 0.15) is 25.7 Å². The second kappa shape index (κ2) is 13.9. The lowest BCUT2D eigenvalue weighted by molar-refractivity contribution is -0.129. The van der Waals surface area contributed by atoms with E-state index in [0.29, 0.717) is 13.0 Å². The number of amides is 1. The number of hydrogen-bond acceptors (Lipinski definition) is 6. The highest BCUT2D eigenvalue weighted by Gasteiger charge is 2.09. The molecule has 1 amide bonds. The van der Waals surface area contributed by atoms with Gasteiger partial charge in [0.25, 0.3) is 0 Å². The standard InChI is InChI=1S/C25H35N3O4/c29-25(27-30)12-3-1-2-7-21(19-26-13-14-28-15-17-31-18-16-28)20-32-24-11-6-9-22-8-4-5-10-23(22)24/h4-11,26,30H,1-3,12-20H2,(H,27,29)/b21-7+. The maximum absolute atomic E-state index is 11.2. The van der Waals surface area contributed by atoms with E-state index in [9.17, 15) is 4.79 Å². The van der Waals surface area contributed by atoms with Crippen molar-refractivity contribution in [2.45, 2.75) is 25.7 Å². The Balaban J connectivity index is 1.51. The first-order valence-corrected chi connectivity index (χ1v) is 11.5. The Kier molecular flexibility index (Phi) is 10.5. The number of fused-ring (bicyclic) bond motifs is 1. The summed E-state index contributed by atoms with van der Waals surface area (Å²) >= 11 is 0. The molecule has 0 atom stereocenters. The Bertz CT molecular complexity index is 860. The lowest BCUT2D eigenvalue weighted by atomic mass is 10.1. The van der Waals surface area contributed by atoms with Crippen LogP contribution in [-0.4, -0.2) is 68.6 Å². The molecule has 32 heavy (non-hydrogen) atoms. The van der Waals surface area contributed by atoms with Crippen molar-refractivity contribution >= 4 is 16.7 Å². The van der Waals surface area contributed by atoms with Gasteiger partial charge >= 0.3 is 0 Å². The van der Waals surface area contributed by atoms with Crippen molar-refractivity contribution in [3.63, 3.8) is 0 Å². The molecule has 0 saturated carbocycles. The molecule has 0 bridgehead atoms. The van der Waals surface area contributed by atoms with Crippen LogP contribution in [0, 0.1) is 0 Å². The van der Waals surface area contributed by atoms with Crippen LogP contribution in [0.3, 0.4) is 0 Å². The Morgan fingerprint density at radius 2 is 1.94 bits per heavy atom. The quantitative estimate of drug-likeness (QED) is 0.192. The number of nitrogens with one attached hydrogen (secondary N) is 2. The summed E-state index contributed by atoms with van der Waals surface area (Å²) in [5.41, 5.74) is 2.88. The molecule has 1 aliphatic heterocycles. The van der Waals surface area contributed by atoms with Gasteiger partial charge in [0, 0.05) is 44.5 Å². The number of unbranched alkanes of at least 4 members (excludes halogenated alkanes) is 2. The van der Waals surface area contributed by atoms with Crippen LogP contribution in [0.2, 0.25) is 0 Å². The zero-order valence-corrected chi connectivity index (χ0v) is 18.7. The SMILES string of the molecule is O=C(CCCC/C=C(\CNCCN1CCOCC1)COc1cccc2ccccc12)NO. The summed E-state index contributed by atoms with van der Waals surface area (Å²) in [6.07, 6.45) is 5.05. The Labute approximate surface area is 190 Å². The average Bonchev–Trinajstić information content (AvgIpc) is 2.84. The van der Waals surface area contributed by atoms with Crippen molar-refractivity contribution in [1.82, 2.24) is 15.7 Å². The molecule has 1 saturated heterocycles. The monoisotopic (exact) mass is 441 g/mol. The number of nitrogens with zero attached hydrogens (tertiary/aromatic N) is 1. The van der Waals surface area contributed by atoms with Crippen molar-refractivity contribution in [3.05, 3.63) is 54.1 Å². The van der Waals surface area contributed by atoms with Gasteiger partial charge in [-0.25, -0.2) is 5.48 Å². The summed E-state index contributed by atoms with van der Waals surface area (Å²) in [5.74, 6) is 0.556. The first-order chi connectivity index (χ1) is 15.8. The predicted octanol–water partition coefficient (Wildman–Crippen LogP) is 3.13. The zero-order valence-electron chi connectivity index (χ0n) is 18.7. The van der Waals surface area contributed by atoms with Gasteiger partial charge in [-0.3, -0.25) is 14.9 Å². The molecule has 0 unspecified atom stereocenters. The van der Waals surface area contributed by atoms with Gasteiger partial charge < -0.3 is 14.8 Å². The van der Waals surface area contributed by atoms with E-state index in [2.05, 4.69) is 34.5 Å². The fourth-order valence-electron chi connectivity index (χ4n) is 3.78. The van der Waals surface area contributed by atoms with Crippen LogP contribution in [0.5, 0.6) is 5.75 Å². The van der Waals surface area contributed by atoms with Crippen LogP contribution >= 0.6 is 0 Å². The number of hydrogen-bond donors (Lipinski definition) is 3. The fourth-order valence-corrected chi connectivity index (χ4v) is 3.78. The molecule has 3 N–H and O–H groups in total. The molecule has 0 aromatic heterocycles. The number of hydroxylamine groups is 1. The first kappa shape index (κ1) is 24.2. The van der Waals surface area contributed by atoms with Crippen molar-refractivity contribution in [2.75, 3.05) is 52.5 Å². The molecular weight excluding hydrogens is 406 g/mol. The normalized spacial score (nSPS) is 15.1. The van der Waals surface area contributed by atoms with Crippen molar-refractivity contribution in [2.24, 2.45) is 0 Å². The number of rotatable bonds is 13. The van der Waals surface area contributed by atoms with Crippen molar-refractivity contribution < 1.29 is 19.5 Å². The number of ether oxygens (including phenoxy) is 2. The van der Waals surface area contributed by atoms with Gasteiger partial charge in [0.1, 0.15) is 12.4 Å². The molecule has 1 heterocycles. The summed E-state index contributed by atoms with van der Waals surface area (Å²) in [7, 11) is 0. The van der Waals surface area contributed by atoms with Crippen LogP contribution in [0.15, 0.2) is 54.1 Å². The summed E-state index contributed by atoms with van der Waals surface area (Å²) in [6, 6.07) is 14.4. The molecule has 174 valence electrons. The second-order valence-corrected chi connectivity index (χ2v) is 8.04. The number of carbonyl (C=O) groups is 1. The van der Waals surface area contributed by atoms with Gasteiger partial charge in [-0.15, -0.1) is 0 Å². The molecule has 7 heteroatoms. The van der Waals surface area contributed by atoms with E-state index in [1.165, 1.54) is 11.0 Å². The average molecular weight is 442 g/mol. The minimum Gasteiger partial charge on any atom is -0.489 e.